The van der Waals surface area contributed by atoms with E-state index in [0.29, 0.717) is 6.54 Å². The molecule has 1 aromatic heterocycles. The van der Waals surface area contributed by atoms with Gasteiger partial charge >= 0.3 is 0 Å². The third kappa shape index (κ3) is 3.56. The Hall–Kier alpha value is -1.25. The normalized spacial score (nSPS) is 23.4. The molecule has 0 radical (unpaired) electrons. The molecule has 0 aliphatic carbocycles. The fraction of sp³-hybridized carbons (Fsp3) is 0.714. The molecule has 2 aliphatic rings. The average molecular weight is 325 g/mol. The lowest BCUT2D eigenvalue weighted by atomic mass is 10.0. The highest BCUT2D eigenvalue weighted by molar-refractivity contribution is 7.88. The van der Waals surface area contributed by atoms with E-state index < -0.39 is 10.0 Å². The summed E-state index contributed by atoms with van der Waals surface area (Å²) in [5.74, 6) is 0.969. The summed E-state index contributed by atoms with van der Waals surface area (Å²) in [6.45, 7) is 3.45. The SMILES string of the molecule is CN1CCc2ncnc(N3CCC[C@H](NS(C)(=O)=O)C3)c2C1. The number of nitrogens with zero attached hydrogens (tertiary/aromatic N) is 4. The van der Waals surface area contributed by atoms with Gasteiger partial charge in [0.1, 0.15) is 12.1 Å². The van der Waals surface area contributed by atoms with Crippen molar-refractivity contribution in [3.63, 3.8) is 0 Å². The Kier molecular flexibility index (Phi) is 4.33. The van der Waals surface area contributed by atoms with Gasteiger partial charge in [-0.2, -0.15) is 0 Å². The molecule has 0 amide bonds. The van der Waals surface area contributed by atoms with Gasteiger partial charge in [0, 0.05) is 44.2 Å². The van der Waals surface area contributed by atoms with E-state index in [0.717, 1.165) is 50.4 Å². The van der Waals surface area contributed by atoms with Crippen LogP contribution < -0.4 is 9.62 Å². The van der Waals surface area contributed by atoms with Gasteiger partial charge in [0.25, 0.3) is 0 Å². The van der Waals surface area contributed by atoms with Crippen LogP contribution in [0.25, 0.3) is 0 Å². The molecule has 122 valence electrons. The summed E-state index contributed by atoms with van der Waals surface area (Å²) in [4.78, 5) is 13.4. The van der Waals surface area contributed by atoms with Gasteiger partial charge < -0.3 is 9.80 Å². The molecular weight excluding hydrogens is 302 g/mol. The highest BCUT2D eigenvalue weighted by Gasteiger charge is 2.27. The lowest BCUT2D eigenvalue weighted by molar-refractivity contribution is 0.308. The molecule has 7 nitrogen and oxygen atoms in total. The van der Waals surface area contributed by atoms with Crippen LogP contribution in [-0.4, -0.2) is 62.3 Å². The molecule has 3 rings (SSSR count). The van der Waals surface area contributed by atoms with Gasteiger partial charge in [-0.15, -0.1) is 0 Å². The van der Waals surface area contributed by atoms with Crippen LogP contribution >= 0.6 is 0 Å². The molecule has 0 saturated carbocycles. The molecule has 1 aromatic rings. The predicted molar refractivity (Wildman–Crippen MR) is 85.3 cm³/mol. The Balaban J connectivity index is 1.82. The van der Waals surface area contributed by atoms with Crippen molar-refractivity contribution in [2.24, 2.45) is 0 Å². The highest BCUT2D eigenvalue weighted by atomic mass is 32.2. The van der Waals surface area contributed by atoms with Crippen LogP contribution in [0.5, 0.6) is 0 Å². The van der Waals surface area contributed by atoms with Crippen LogP contribution in [0.1, 0.15) is 24.1 Å². The number of nitrogens with one attached hydrogen (secondary N) is 1. The summed E-state index contributed by atoms with van der Waals surface area (Å²) in [5, 5.41) is 0. The number of hydrogen-bond acceptors (Lipinski definition) is 6. The Bertz CT molecular complexity index is 649. The zero-order valence-electron chi connectivity index (χ0n) is 13.1. The minimum absolute atomic E-state index is 0.0457. The van der Waals surface area contributed by atoms with Crippen LogP contribution in [0.2, 0.25) is 0 Å². The maximum atomic E-state index is 11.5. The first-order valence-electron chi connectivity index (χ1n) is 7.66. The maximum Gasteiger partial charge on any atom is 0.209 e. The number of piperidine rings is 1. The predicted octanol–water partition coefficient (Wildman–Crippen LogP) is -0.0175. The van der Waals surface area contributed by atoms with Crippen LogP contribution in [0.4, 0.5) is 5.82 Å². The molecule has 3 heterocycles. The Morgan fingerprint density at radius 3 is 2.91 bits per heavy atom. The molecule has 22 heavy (non-hydrogen) atoms. The molecule has 2 aliphatic heterocycles. The maximum absolute atomic E-state index is 11.5. The van der Waals surface area contributed by atoms with E-state index in [1.807, 2.05) is 0 Å². The Morgan fingerprint density at radius 2 is 2.14 bits per heavy atom. The van der Waals surface area contributed by atoms with Gasteiger partial charge in [-0.1, -0.05) is 0 Å². The lowest BCUT2D eigenvalue weighted by Gasteiger charge is -2.36. The number of sulfonamides is 1. The van der Waals surface area contributed by atoms with Crippen molar-refractivity contribution < 1.29 is 8.42 Å². The summed E-state index contributed by atoms with van der Waals surface area (Å²) >= 11 is 0. The van der Waals surface area contributed by atoms with Crippen molar-refractivity contribution in [1.29, 1.82) is 0 Å². The van der Waals surface area contributed by atoms with E-state index in [1.165, 1.54) is 11.8 Å². The molecule has 0 bridgehead atoms. The summed E-state index contributed by atoms with van der Waals surface area (Å²) < 4.78 is 25.6. The van der Waals surface area contributed by atoms with E-state index in [-0.39, 0.29) is 6.04 Å². The quantitative estimate of drug-likeness (QED) is 0.842. The van der Waals surface area contributed by atoms with Crippen LogP contribution in [0.3, 0.4) is 0 Å². The van der Waals surface area contributed by atoms with Crippen molar-refractivity contribution >= 4 is 15.8 Å². The van der Waals surface area contributed by atoms with Gasteiger partial charge in [0.2, 0.25) is 10.0 Å². The average Bonchev–Trinajstić information content (AvgIpc) is 2.45. The van der Waals surface area contributed by atoms with Gasteiger partial charge in [-0.3, -0.25) is 0 Å². The molecule has 1 N–H and O–H groups in total. The second kappa shape index (κ2) is 6.10. The Morgan fingerprint density at radius 1 is 1.32 bits per heavy atom. The number of anilines is 1. The molecule has 0 spiro atoms. The minimum atomic E-state index is -3.17. The van der Waals surface area contributed by atoms with Crippen molar-refractivity contribution in [3.05, 3.63) is 17.6 Å². The number of likely N-dealkylation sites (N-methyl/N-ethyl adjacent to an activating group) is 1. The highest BCUT2D eigenvalue weighted by Crippen LogP contribution is 2.27. The molecule has 0 unspecified atom stereocenters. The van der Waals surface area contributed by atoms with Crippen LogP contribution in [0, 0.1) is 0 Å². The molecule has 0 aromatic carbocycles. The second-order valence-corrected chi connectivity index (χ2v) is 8.07. The topological polar surface area (TPSA) is 78.4 Å². The summed E-state index contributed by atoms with van der Waals surface area (Å²) in [7, 11) is -1.07. The van der Waals surface area contributed by atoms with Crippen molar-refractivity contribution in [2.75, 3.05) is 37.8 Å². The molecule has 1 atom stereocenters. The minimum Gasteiger partial charge on any atom is -0.355 e. The third-order valence-corrected chi connectivity index (χ3v) is 5.03. The smallest absolute Gasteiger partial charge is 0.209 e. The zero-order valence-corrected chi connectivity index (χ0v) is 13.9. The third-order valence-electron chi connectivity index (χ3n) is 4.27. The Labute approximate surface area is 131 Å². The standard InChI is InChI=1S/C14H23N5O2S/c1-18-7-5-13-12(9-18)14(16-10-15-13)19-6-3-4-11(8-19)17-22(2,20)21/h10-11,17H,3-9H2,1-2H3/t11-/m0/s1. The summed E-state index contributed by atoms with van der Waals surface area (Å²) in [6.07, 6.45) is 5.62. The fourth-order valence-electron chi connectivity index (χ4n) is 3.30. The summed E-state index contributed by atoms with van der Waals surface area (Å²) in [5.41, 5.74) is 2.32. The first-order chi connectivity index (χ1) is 10.4. The molecule has 8 heteroatoms. The van der Waals surface area contributed by atoms with E-state index in [1.54, 1.807) is 6.33 Å². The van der Waals surface area contributed by atoms with E-state index in [2.05, 4.69) is 31.5 Å². The van der Waals surface area contributed by atoms with E-state index >= 15 is 0 Å². The fourth-order valence-corrected chi connectivity index (χ4v) is 4.10. The van der Waals surface area contributed by atoms with Crippen LogP contribution in [0.15, 0.2) is 6.33 Å². The van der Waals surface area contributed by atoms with Crippen LogP contribution in [-0.2, 0) is 23.0 Å². The van der Waals surface area contributed by atoms with Crippen molar-refractivity contribution in [1.82, 2.24) is 19.6 Å². The largest absolute Gasteiger partial charge is 0.355 e. The van der Waals surface area contributed by atoms with Gasteiger partial charge in [0.15, 0.2) is 0 Å². The van der Waals surface area contributed by atoms with E-state index in [4.69, 9.17) is 0 Å². The first kappa shape index (κ1) is 15.6. The van der Waals surface area contributed by atoms with Gasteiger partial charge in [-0.25, -0.2) is 23.1 Å². The van der Waals surface area contributed by atoms with Crippen molar-refractivity contribution in [3.8, 4) is 0 Å². The lowest BCUT2D eigenvalue weighted by Crippen LogP contribution is -2.48. The number of hydrogen-bond donors (Lipinski definition) is 1. The zero-order chi connectivity index (χ0) is 15.7. The monoisotopic (exact) mass is 325 g/mol. The number of rotatable bonds is 3. The molecule has 1 saturated heterocycles. The second-order valence-electron chi connectivity index (χ2n) is 6.29. The van der Waals surface area contributed by atoms with Crippen molar-refractivity contribution in [2.45, 2.75) is 31.8 Å². The number of aromatic nitrogens is 2. The summed E-state index contributed by atoms with van der Waals surface area (Å²) in [6, 6.07) is -0.0457. The first-order valence-corrected chi connectivity index (χ1v) is 9.55. The molecule has 1 fully saturated rings. The van der Waals surface area contributed by atoms with Gasteiger partial charge in [0.05, 0.1) is 11.9 Å². The van der Waals surface area contributed by atoms with E-state index in [9.17, 15) is 8.42 Å². The van der Waals surface area contributed by atoms with Gasteiger partial charge in [-0.05, 0) is 19.9 Å². The molecular formula is C14H23N5O2S. The number of fused-ring (bicyclic) bond motifs is 1.